The fourth-order valence-corrected chi connectivity index (χ4v) is 2.73. The molecule has 0 fully saturated rings. The van der Waals surface area contributed by atoms with Gasteiger partial charge in [0.25, 0.3) is 0 Å². The Morgan fingerprint density at radius 3 is 2.22 bits per heavy atom. The molecule has 0 amide bonds. The van der Waals surface area contributed by atoms with Gasteiger partial charge in [-0.1, -0.05) is 64.9 Å². The maximum atomic E-state index is 14.0. The highest BCUT2D eigenvalue weighted by Gasteiger charge is 2.31. The lowest BCUT2D eigenvalue weighted by atomic mass is 9.89. The van der Waals surface area contributed by atoms with Gasteiger partial charge in [0.2, 0.25) is 0 Å². The van der Waals surface area contributed by atoms with Gasteiger partial charge in [0.05, 0.1) is 0 Å². The fourth-order valence-electron chi connectivity index (χ4n) is 2.73. The van der Waals surface area contributed by atoms with Crippen LogP contribution in [0.4, 0.5) is 17.6 Å². The first-order valence-corrected chi connectivity index (χ1v) is 8.39. The first kappa shape index (κ1) is 19.8. The number of halogens is 4. The molecule has 0 aliphatic carbocycles. The Hall–Kier alpha value is -1.26. The van der Waals surface area contributed by atoms with Crippen molar-refractivity contribution in [1.82, 2.24) is 0 Å². The second kappa shape index (κ2) is 9.78. The molecule has 1 unspecified atom stereocenters. The number of rotatable bonds is 10. The summed E-state index contributed by atoms with van der Waals surface area (Å²) in [6.07, 6.45) is 3.43. The van der Waals surface area contributed by atoms with Crippen molar-refractivity contribution in [2.45, 2.75) is 71.6 Å². The summed E-state index contributed by atoms with van der Waals surface area (Å²) in [5.41, 5.74) is 0.470. The normalized spacial score (nSPS) is 13.1. The molecule has 0 saturated heterocycles. The molecule has 23 heavy (non-hydrogen) atoms. The molecule has 1 aromatic carbocycles. The molecule has 0 spiro atoms. The molecule has 1 rings (SSSR count). The molecule has 1 atom stereocenters. The van der Waals surface area contributed by atoms with Crippen molar-refractivity contribution in [3.63, 3.8) is 0 Å². The second-order valence-electron chi connectivity index (χ2n) is 6.01. The van der Waals surface area contributed by atoms with Gasteiger partial charge in [-0.2, -0.15) is 0 Å². The lowest BCUT2D eigenvalue weighted by molar-refractivity contribution is -0.274. The predicted octanol–water partition coefficient (Wildman–Crippen LogP) is 6.65. The van der Waals surface area contributed by atoms with E-state index in [1.54, 1.807) is 0 Å². The van der Waals surface area contributed by atoms with Crippen LogP contribution in [0.25, 0.3) is 0 Å². The molecule has 0 radical (unpaired) electrons. The summed E-state index contributed by atoms with van der Waals surface area (Å²) < 4.78 is 54.2. The summed E-state index contributed by atoms with van der Waals surface area (Å²) >= 11 is 0. The van der Waals surface area contributed by atoms with E-state index >= 15 is 0 Å². The Bertz CT molecular complexity index is 457. The number of alkyl halides is 3. The lowest BCUT2D eigenvalue weighted by Gasteiger charge is -2.17. The van der Waals surface area contributed by atoms with Crippen LogP contribution in [-0.4, -0.2) is 6.36 Å². The summed E-state index contributed by atoms with van der Waals surface area (Å²) in [4.78, 5) is 0. The summed E-state index contributed by atoms with van der Waals surface area (Å²) in [6, 6.07) is 3.43. The van der Waals surface area contributed by atoms with E-state index in [4.69, 9.17) is 0 Å². The summed E-state index contributed by atoms with van der Waals surface area (Å²) in [5, 5.41) is 0. The van der Waals surface area contributed by atoms with Crippen molar-refractivity contribution in [1.29, 1.82) is 0 Å². The molecule has 0 heterocycles. The number of ether oxygens (including phenoxy) is 1. The zero-order valence-corrected chi connectivity index (χ0v) is 13.9. The third-order valence-electron chi connectivity index (χ3n) is 3.95. The zero-order chi connectivity index (χ0) is 17.3. The van der Waals surface area contributed by atoms with Crippen LogP contribution >= 0.6 is 0 Å². The van der Waals surface area contributed by atoms with Crippen LogP contribution in [0.3, 0.4) is 0 Å². The highest BCUT2D eigenvalue weighted by molar-refractivity contribution is 5.29. The van der Waals surface area contributed by atoms with Crippen molar-refractivity contribution in [3.05, 3.63) is 29.6 Å². The summed E-state index contributed by atoms with van der Waals surface area (Å²) in [7, 11) is 0. The quantitative estimate of drug-likeness (QED) is 0.344. The second-order valence-corrected chi connectivity index (χ2v) is 6.01. The predicted molar refractivity (Wildman–Crippen MR) is 83.9 cm³/mol. The van der Waals surface area contributed by atoms with Gasteiger partial charge in [-0.15, -0.1) is 13.2 Å². The Morgan fingerprint density at radius 2 is 1.65 bits per heavy atom. The minimum Gasteiger partial charge on any atom is -0.406 e. The van der Waals surface area contributed by atoms with Crippen LogP contribution in [0, 0.1) is 11.7 Å². The monoisotopic (exact) mass is 334 g/mol. The van der Waals surface area contributed by atoms with Crippen LogP contribution in [0.15, 0.2) is 18.2 Å². The summed E-state index contributed by atoms with van der Waals surface area (Å²) in [5.74, 6) is -0.746. The molecule has 5 heteroatoms. The molecular formula is C18H26F4O. The van der Waals surface area contributed by atoms with Crippen molar-refractivity contribution in [2.24, 2.45) is 5.92 Å². The molecule has 0 N–H and O–H groups in total. The molecule has 0 aliphatic heterocycles. The van der Waals surface area contributed by atoms with Gasteiger partial charge >= 0.3 is 6.36 Å². The molecule has 0 aliphatic rings. The first-order chi connectivity index (χ1) is 10.9. The van der Waals surface area contributed by atoms with Crippen LogP contribution in [0.5, 0.6) is 5.75 Å². The number of hydrogen-bond acceptors (Lipinski definition) is 1. The van der Waals surface area contributed by atoms with Gasteiger partial charge in [0.1, 0.15) is 11.6 Å². The molecule has 0 bridgehead atoms. The van der Waals surface area contributed by atoms with Gasteiger partial charge in [0.15, 0.2) is 0 Å². The number of benzene rings is 1. The van der Waals surface area contributed by atoms with E-state index < -0.39 is 17.9 Å². The number of hydrogen-bond donors (Lipinski definition) is 0. The highest BCUT2D eigenvalue weighted by atomic mass is 19.4. The van der Waals surface area contributed by atoms with Crippen molar-refractivity contribution >= 4 is 0 Å². The Kier molecular flexibility index (Phi) is 8.42. The standard InChI is InChI=1S/C18H26F4O/c1-3-5-7-9-14(8-6-4-2)12-15-10-11-16(13-17(15)19)23-18(20,21)22/h10-11,13-14H,3-9,12H2,1-2H3. The topological polar surface area (TPSA) is 9.23 Å². The van der Waals surface area contributed by atoms with E-state index in [1.165, 1.54) is 12.1 Å². The third kappa shape index (κ3) is 8.24. The minimum absolute atomic E-state index is 0.380. The molecular weight excluding hydrogens is 308 g/mol. The molecule has 1 aromatic rings. The van der Waals surface area contributed by atoms with E-state index in [0.717, 1.165) is 51.0 Å². The minimum atomic E-state index is -4.79. The highest BCUT2D eigenvalue weighted by Crippen LogP contribution is 2.27. The summed E-state index contributed by atoms with van der Waals surface area (Å²) in [6.45, 7) is 4.26. The maximum Gasteiger partial charge on any atom is 0.573 e. The molecule has 0 saturated carbocycles. The Morgan fingerprint density at radius 1 is 1.00 bits per heavy atom. The Balaban J connectivity index is 2.70. The van der Waals surface area contributed by atoms with Crippen molar-refractivity contribution in [3.8, 4) is 5.75 Å². The fraction of sp³-hybridized carbons (Fsp3) is 0.667. The zero-order valence-electron chi connectivity index (χ0n) is 13.9. The molecule has 0 aromatic heterocycles. The van der Waals surface area contributed by atoms with E-state index in [-0.39, 0.29) is 0 Å². The van der Waals surface area contributed by atoms with E-state index in [2.05, 4.69) is 18.6 Å². The van der Waals surface area contributed by atoms with E-state index in [9.17, 15) is 17.6 Å². The van der Waals surface area contributed by atoms with Gasteiger partial charge < -0.3 is 4.74 Å². The van der Waals surface area contributed by atoms with Gasteiger partial charge in [-0.25, -0.2) is 4.39 Å². The first-order valence-electron chi connectivity index (χ1n) is 8.39. The SMILES string of the molecule is CCCCCC(CCCC)Cc1ccc(OC(F)(F)F)cc1F. The smallest absolute Gasteiger partial charge is 0.406 e. The van der Waals surface area contributed by atoms with Gasteiger partial charge in [0, 0.05) is 6.07 Å². The van der Waals surface area contributed by atoms with E-state index in [1.807, 2.05) is 0 Å². The average Bonchev–Trinajstić information content (AvgIpc) is 2.45. The maximum absolute atomic E-state index is 14.0. The molecule has 1 nitrogen and oxygen atoms in total. The van der Waals surface area contributed by atoms with Gasteiger partial charge in [-0.3, -0.25) is 0 Å². The van der Waals surface area contributed by atoms with Crippen LogP contribution in [0.2, 0.25) is 0 Å². The third-order valence-corrected chi connectivity index (χ3v) is 3.95. The van der Waals surface area contributed by atoms with Crippen LogP contribution < -0.4 is 4.74 Å². The van der Waals surface area contributed by atoms with Gasteiger partial charge in [-0.05, 0) is 24.0 Å². The van der Waals surface area contributed by atoms with Crippen molar-refractivity contribution < 1.29 is 22.3 Å². The lowest BCUT2D eigenvalue weighted by Crippen LogP contribution is -2.17. The average molecular weight is 334 g/mol. The van der Waals surface area contributed by atoms with Crippen LogP contribution in [-0.2, 0) is 6.42 Å². The molecule has 132 valence electrons. The largest absolute Gasteiger partial charge is 0.573 e. The van der Waals surface area contributed by atoms with Crippen LogP contribution in [0.1, 0.15) is 64.4 Å². The van der Waals surface area contributed by atoms with Crippen molar-refractivity contribution in [2.75, 3.05) is 0 Å². The van der Waals surface area contributed by atoms with E-state index in [0.29, 0.717) is 17.9 Å². The number of unbranched alkanes of at least 4 members (excludes halogenated alkanes) is 3. The Labute approximate surface area is 136 Å².